The van der Waals surface area contributed by atoms with Gasteiger partial charge >= 0.3 is 5.97 Å². The Bertz CT molecular complexity index is 1180. The lowest BCUT2D eigenvalue weighted by atomic mass is 9.75. The molecule has 1 spiro atoms. The van der Waals surface area contributed by atoms with Crippen LogP contribution in [0.3, 0.4) is 0 Å². The molecule has 1 saturated carbocycles. The van der Waals surface area contributed by atoms with Gasteiger partial charge in [-0.3, -0.25) is 14.6 Å². The summed E-state index contributed by atoms with van der Waals surface area (Å²) in [7, 11) is 0. The predicted octanol–water partition coefficient (Wildman–Crippen LogP) is 4.51. The van der Waals surface area contributed by atoms with Crippen LogP contribution in [-0.2, 0) is 15.1 Å². The van der Waals surface area contributed by atoms with Gasteiger partial charge in [-0.05, 0) is 56.0 Å². The van der Waals surface area contributed by atoms with Crippen LogP contribution in [0.15, 0.2) is 73.1 Å². The minimum Gasteiger partial charge on any atom is -0.450 e. The van der Waals surface area contributed by atoms with Crippen LogP contribution in [0, 0.1) is 5.92 Å². The number of benzene rings is 2. The van der Waals surface area contributed by atoms with E-state index in [0.717, 1.165) is 5.56 Å². The Balaban J connectivity index is 1.22. The third-order valence-corrected chi connectivity index (χ3v) is 6.43. The second-order valence-corrected chi connectivity index (χ2v) is 8.34. The molecule has 0 saturated heterocycles. The van der Waals surface area contributed by atoms with Crippen molar-refractivity contribution in [2.45, 2.75) is 31.3 Å². The van der Waals surface area contributed by atoms with Gasteiger partial charge in [0.05, 0.1) is 5.56 Å². The molecule has 2 heterocycles. The molecule has 1 amide bonds. The molecule has 5 rings (SSSR count). The van der Waals surface area contributed by atoms with Crippen LogP contribution in [0.25, 0.3) is 0 Å². The van der Waals surface area contributed by atoms with E-state index in [4.69, 9.17) is 4.74 Å². The molecular formula is C26H22N2O4. The quantitative estimate of drug-likeness (QED) is 0.490. The van der Waals surface area contributed by atoms with Gasteiger partial charge in [0, 0.05) is 40.7 Å². The summed E-state index contributed by atoms with van der Waals surface area (Å²) >= 11 is 0. The summed E-state index contributed by atoms with van der Waals surface area (Å²) in [6, 6.07) is 17.7. The Morgan fingerprint density at radius 3 is 2.34 bits per heavy atom. The molecule has 1 N–H and O–H groups in total. The average Bonchev–Trinajstić information content (AvgIpc) is 3.11. The first kappa shape index (κ1) is 20.1. The number of rotatable bonds is 4. The first-order valence-corrected chi connectivity index (χ1v) is 10.7. The van der Waals surface area contributed by atoms with Crippen molar-refractivity contribution in [3.8, 4) is 0 Å². The molecule has 160 valence electrons. The van der Waals surface area contributed by atoms with Gasteiger partial charge in [-0.15, -0.1) is 0 Å². The van der Waals surface area contributed by atoms with Gasteiger partial charge in [0.1, 0.15) is 5.60 Å². The zero-order chi connectivity index (χ0) is 22.1. The number of hydrogen-bond donors (Lipinski definition) is 1. The molecular weight excluding hydrogens is 404 g/mol. The number of ketones is 1. The van der Waals surface area contributed by atoms with Crippen molar-refractivity contribution in [2.24, 2.45) is 5.92 Å². The lowest BCUT2D eigenvalue weighted by Crippen LogP contribution is -2.36. The van der Waals surface area contributed by atoms with Crippen molar-refractivity contribution < 1.29 is 19.1 Å². The molecule has 2 aliphatic rings. The zero-order valence-electron chi connectivity index (χ0n) is 17.4. The molecule has 0 radical (unpaired) electrons. The number of anilines is 1. The summed E-state index contributed by atoms with van der Waals surface area (Å²) in [5.74, 6) is -0.583. The average molecular weight is 426 g/mol. The van der Waals surface area contributed by atoms with Crippen LogP contribution in [0.2, 0.25) is 0 Å². The Morgan fingerprint density at radius 1 is 0.938 bits per heavy atom. The van der Waals surface area contributed by atoms with Crippen molar-refractivity contribution in [1.82, 2.24) is 4.98 Å². The Labute approximate surface area is 185 Å². The second kappa shape index (κ2) is 8.04. The van der Waals surface area contributed by atoms with Crippen LogP contribution in [-0.4, -0.2) is 22.6 Å². The molecule has 1 aromatic heterocycles. The zero-order valence-corrected chi connectivity index (χ0v) is 17.4. The maximum absolute atomic E-state index is 12.8. The van der Waals surface area contributed by atoms with Crippen molar-refractivity contribution in [3.05, 3.63) is 95.3 Å². The van der Waals surface area contributed by atoms with Crippen molar-refractivity contribution in [3.63, 3.8) is 0 Å². The molecule has 6 heteroatoms. The molecule has 0 unspecified atom stereocenters. The third-order valence-electron chi connectivity index (χ3n) is 6.43. The minimum atomic E-state index is -0.656. The van der Waals surface area contributed by atoms with E-state index in [2.05, 4.69) is 10.3 Å². The minimum absolute atomic E-state index is 0.0538. The lowest BCUT2D eigenvalue weighted by Gasteiger charge is -2.35. The van der Waals surface area contributed by atoms with E-state index < -0.39 is 5.60 Å². The highest BCUT2D eigenvalue weighted by Gasteiger charge is 2.48. The molecule has 1 aliphatic carbocycles. The van der Waals surface area contributed by atoms with Gasteiger partial charge < -0.3 is 10.1 Å². The number of hydrogen-bond acceptors (Lipinski definition) is 5. The van der Waals surface area contributed by atoms with Gasteiger partial charge in [0.2, 0.25) is 5.91 Å². The van der Waals surface area contributed by atoms with Gasteiger partial charge in [0.15, 0.2) is 5.78 Å². The number of ether oxygens (including phenoxy) is 1. The van der Waals surface area contributed by atoms with E-state index in [-0.39, 0.29) is 23.6 Å². The summed E-state index contributed by atoms with van der Waals surface area (Å²) < 4.78 is 5.74. The fraction of sp³-hybridized carbons (Fsp3) is 0.231. The normalized spacial score (nSPS) is 21.6. The van der Waals surface area contributed by atoms with Gasteiger partial charge in [-0.1, -0.05) is 30.3 Å². The Kier molecular flexibility index (Phi) is 5.05. The smallest absolute Gasteiger partial charge is 0.339 e. The number of carbonyl (C=O) groups is 3. The van der Waals surface area contributed by atoms with Crippen LogP contribution in [0.5, 0.6) is 0 Å². The fourth-order valence-corrected chi connectivity index (χ4v) is 4.65. The summed E-state index contributed by atoms with van der Waals surface area (Å²) in [5.41, 5.74) is 2.61. The molecule has 6 nitrogen and oxygen atoms in total. The summed E-state index contributed by atoms with van der Waals surface area (Å²) in [5, 5.41) is 2.95. The monoisotopic (exact) mass is 426 g/mol. The SMILES string of the molecule is O=C(c1ccccc1)c1ccc(NC(=O)[C@H]2CC[C@]3(CC2)OC(=O)c2ccncc23)cc1. The number of nitrogens with one attached hydrogen (secondary N) is 1. The maximum atomic E-state index is 12.8. The van der Waals surface area contributed by atoms with E-state index in [1.807, 2.05) is 18.2 Å². The molecule has 1 aliphatic heterocycles. The summed E-state index contributed by atoms with van der Waals surface area (Å²) in [6.07, 6.45) is 5.74. The molecule has 0 bridgehead atoms. The van der Waals surface area contributed by atoms with Crippen LogP contribution in [0.1, 0.15) is 57.5 Å². The molecule has 32 heavy (non-hydrogen) atoms. The van der Waals surface area contributed by atoms with Crippen molar-refractivity contribution in [1.29, 1.82) is 0 Å². The van der Waals surface area contributed by atoms with E-state index in [1.165, 1.54) is 0 Å². The highest BCUT2D eigenvalue weighted by atomic mass is 16.6. The Morgan fingerprint density at radius 2 is 1.62 bits per heavy atom. The van der Waals surface area contributed by atoms with E-state index in [0.29, 0.717) is 48.1 Å². The third kappa shape index (κ3) is 3.58. The van der Waals surface area contributed by atoms with Crippen LogP contribution < -0.4 is 5.32 Å². The van der Waals surface area contributed by atoms with Crippen LogP contribution in [0.4, 0.5) is 5.69 Å². The maximum Gasteiger partial charge on any atom is 0.339 e. The van der Waals surface area contributed by atoms with E-state index >= 15 is 0 Å². The molecule has 0 atom stereocenters. The standard InChI is InChI=1S/C26H22N2O4/c29-23(17-4-2-1-3-5-17)18-6-8-20(9-7-18)28-24(30)19-10-13-26(14-11-19)22-16-27-15-12-21(22)25(31)32-26/h1-9,12,15-16,19H,10-11,13-14H2,(H,28,30)/t19-,26+. The lowest BCUT2D eigenvalue weighted by molar-refractivity contribution is -0.122. The molecule has 3 aromatic rings. The first-order chi connectivity index (χ1) is 15.6. The topological polar surface area (TPSA) is 85.4 Å². The number of aromatic nitrogens is 1. The largest absolute Gasteiger partial charge is 0.450 e. The van der Waals surface area contributed by atoms with Crippen LogP contribution >= 0.6 is 0 Å². The number of pyridine rings is 1. The van der Waals surface area contributed by atoms with Gasteiger partial charge in [0.25, 0.3) is 0 Å². The predicted molar refractivity (Wildman–Crippen MR) is 118 cm³/mol. The Hall–Kier alpha value is -3.80. The van der Waals surface area contributed by atoms with E-state index in [9.17, 15) is 14.4 Å². The second-order valence-electron chi connectivity index (χ2n) is 8.34. The van der Waals surface area contributed by atoms with Crippen molar-refractivity contribution >= 4 is 23.3 Å². The summed E-state index contributed by atoms with van der Waals surface area (Å²) in [6.45, 7) is 0. The summed E-state index contributed by atoms with van der Waals surface area (Å²) in [4.78, 5) is 41.7. The number of nitrogens with zero attached hydrogens (tertiary/aromatic N) is 1. The molecule has 1 fully saturated rings. The highest BCUT2D eigenvalue weighted by Crippen LogP contribution is 2.47. The van der Waals surface area contributed by atoms with E-state index in [1.54, 1.807) is 54.9 Å². The molecule has 2 aromatic carbocycles. The number of amides is 1. The first-order valence-electron chi connectivity index (χ1n) is 10.7. The van der Waals surface area contributed by atoms with Crippen molar-refractivity contribution in [2.75, 3.05) is 5.32 Å². The number of fused-ring (bicyclic) bond motifs is 2. The fourth-order valence-electron chi connectivity index (χ4n) is 4.65. The van der Waals surface area contributed by atoms with Gasteiger partial charge in [-0.2, -0.15) is 0 Å². The number of esters is 1. The highest BCUT2D eigenvalue weighted by molar-refractivity contribution is 6.09. The van der Waals surface area contributed by atoms with Gasteiger partial charge in [-0.25, -0.2) is 4.79 Å². The number of carbonyl (C=O) groups excluding carboxylic acids is 3.